The molecule has 0 spiro atoms. The Morgan fingerprint density at radius 1 is 1.09 bits per heavy atom. The van der Waals surface area contributed by atoms with Gasteiger partial charge in [0.15, 0.2) is 0 Å². The molecular weight excluding hydrogens is 186 g/mol. The Kier molecular flexibility index (Phi) is 1.65. The Hall–Kier alpha value is -0.851. The van der Waals surface area contributed by atoms with Crippen LogP contribution < -0.4 is 4.46 Å². The number of rotatable bonds is 0. The Morgan fingerprint density at radius 2 is 1.91 bits per heavy atom. The summed E-state index contributed by atoms with van der Waals surface area (Å²) in [7, 11) is 0. The second-order valence-electron chi connectivity index (χ2n) is 2.27. The second kappa shape index (κ2) is 2.65. The van der Waals surface area contributed by atoms with Crippen LogP contribution in [0.5, 0.6) is 0 Å². The van der Waals surface area contributed by atoms with Crippen LogP contribution in [-0.4, -0.2) is 4.98 Å². The van der Waals surface area contributed by atoms with Gasteiger partial charge >= 0.3 is 72.9 Å². The van der Waals surface area contributed by atoms with Crippen LogP contribution in [-0.2, 0) is 16.0 Å². The summed E-state index contributed by atoms with van der Waals surface area (Å²) in [6.45, 7) is 0. The normalized spacial score (nSPS) is 10.4. The number of para-hydroxylation sites is 1. The van der Waals surface area contributed by atoms with E-state index in [4.69, 9.17) is 16.0 Å². The molecule has 0 fully saturated rings. The van der Waals surface area contributed by atoms with Crippen molar-refractivity contribution in [2.45, 2.75) is 0 Å². The van der Waals surface area contributed by atoms with Crippen LogP contribution in [0, 0.1) is 0 Å². The molecule has 0 atom stereocenters. The third kappa shape index (κ3) is 1.15. The van der Waals surface area contributed by atoms with Crippen LogP contribution in [0.15, 0.2) is 36.5 Å². The van der Waals surface area contributed by atoms with Crippen LogP contribution in [0.3, 0.4) is 0 Å². The van der Waals surface area contributed by atoms with Gasteiger partial charge in [-0.05, 0) is 0 Å². The summed E-state index contributed by atoms with van der Waals surface area (Å²) in [6, 6.07) is 9.76. The topological polar surface area (TPSA) is 12.9 Å². The van der Waals surface area contributed by atoms with Crippen LogP contribution >= 0.6 is 0 Å². The van der Waals surface area contributed by atoms with Crippen molar-refractivity contribution in [3.63, 3.8) is 0 Å². The molecule has 1 aromatic carbocycles. The standard InChI is InChI=1S/C9H6N.Cu/c1-2-6-9-8(4-1)5-3-7-10-9;/h1-5,7H;. The molecule has 0 aliphatic carbocycles. The number of aromatic nitrogens is 1. The quantitative estimate of drug-likeness (QED) is 0.574. The number of hydrogen-bond donors (Lipinski definition) is 0. The minimum absolute atomic E-state index is 0.801. The number of pyridine rings is 1. The molecule has 0 aliphatic heterocycles. The van der Waals surface area contributed by atoms with Gasteiger partial charge in [0.25, 0.3) is 0 Å². The molecule has 2 heteroatoms. The zero-order chi connectivity index (χ0) is 7.68. The molecule has 1 nitrogen and oxygen atoms in total. The molecule has 0 N–H and O–H groups in total. The maximum atomic E-state index is 5.24. The van der Waals surface area contributed by atoms with Crippen LogP contribution in [0.2, 0.25) is 0 Å². The summed E-state index contributed by atoms with van der Waals surface area (Å²) in [5, 5.41) is 1.11. The van der Waals surface area contributed by atoms with Crippen molar-refractivity contribution in [1.29, 1.82) is 0 Å². The fraction of sp³-hybridized carbons (Fsp3) is 0. The molecule has 0 saturated carbocycles. The van der Waals surface area contributed by atoms with Crippen molar-refractivity contribution in [3.05, 3.63) is 36.5 Å². The van der Waals surface area contributed by atoms with Crippen molar-refractivity contribution >= 4 is 15.4 Å². The van der Waals surface area contributed by atoms with Crippen LogP contribution in [0.1, 0.15) is 0 Å². The van der Waals surface area contributed by atoms with Crippen LogP contribution in [0.4, 0.5) is 0 Å². The molecule has 58 valence electrons. The zero-order valence-corrected chi connectivity index (χ0v) is 6.65. The Morgan fingerprint density at radius 3 is 2.73 bits per heavy atom. The van der Waals surface area contributed by atoms with Gasteiger partial charge in [-0.3, -0.25) is 0 Å². The summed E-state index contributed by atoms with van der Waals surface area (Å²) < 4.78 is 0.801. The second-order valence-corrected chi connectivity index (χ2v) is 2.78. The van der Waals surface area contributed by atoms with Gasteiger partial charge in [0.1, 0.15) is 0 Å². The van der Waals surface area contributed by atoms with E-state index in [2.05, 4.69) is 4.98 Å². The van der Waals surface area contributed by atoms with E-state index < -0.39 is 0 Å². The average Bonchev–Trinajstić information content (AvgIpc) is 2.06. The first-order valence-electron chi connectivity index (χ1n) is 3.33. The van der Waals surface area contributed by atoms with Gasteiger partial charge in [0.2, 0.25) is 0 Å². The summed E-state index contributed by atoms with van der Waals surface area (Å²) in [6.07, 6.45) is 1.76. The molecule has 0 amide bonds. The molecular formula is C9H6CuN. The first kappa shape index (κ1) is 6.83. The molecule has 1 heterocycles. The Bertz CT molecular complexity index is 379. The Balaban J connectivity index is 2.91. The van der Waals surface area contributed by atoms with Gasteiger partial charge in [0.05, 0.1) is 0 Å². The third-order valence-electron chi connectivity index (χ3n) is 1.55. The zero-order valence-electron chi connectivity index (χ0n) is 5.71. The molecule has 11 heavy (non-hydrogen) atoms. The number of nitrogens with zero attached hydrogens (tertiary/aromatic N) is 1. The van der Waals surface area contributed by atoms with E-state index in [9.17, 15) is 0 Å². The summed E-state index contributed by atoms with van der Waals surface area (Å²) in [5.41, 5.74) is 0.912. The van der Waals surface area contributed by atoms with E-state index in [1.54, 1.807) is 6.20 Å². The van der Waals surface area contributed by atoms with Crippen LogP contribution in [0.25, 0.3) is 10.9 Å². The van der Waals surface area contributed by atoms with E-state index in [0.717, 1.165) is 15.4 Å². The van der Waals surface area contributed by atoms with Gasteiger partial charge < -0.3 is 0 Å². The van der Waals surface area contributed by atoms with Crippen molar-refractivity contribution in [2.24, 2.45) is 0 Å². The molecule has 0 saturated heterocycles. The fourth-order valence-corrected chi connectivity index (χ4v) is 1.33. The summed E-state index contributed by atoms with van der Waals surface area (Å²) >= 11 is 5.24. The fourth-order valence-electron chi connectivity index (χ4n) is 1.04. The van der Waals surface area contributed by atoms with Crippen molar-refractivity contribution < 1.29 is 16.0 Å². The molecule has 0 unspecified atom stereocenters. The first-order valence-corrected chi connectivity index (χ1v) is 3.80. The third-order valence-corrected chi connectivity index (χ3v) is 1.93. The summed E-state index contributed by atoms with van der Waals surface area (Å²) in [5.74, 6) is 0. The van der Waals surface area contributed by atoms with Gasteiger partial charge in [-0.15, -0.1) is 0 Å². The van der Waals surface area contributed by atoms with Crippen molar-refractivity contribution in [2.75, 3.05) is 0 Å². The van der Waals surface area contributed by atoms with Gasteiger partial charge in [-0.2, -0.15) is 0 Å². The molecule has 2 aromatic rings. The molecule has 0 aliphatic rings. The van der Waals surface area contributed by atoms with E-state index in [-0.39, 0.29) is 0 Å². The average molecular weight is 192 g/mol. The minimum atomic E-state index is 0.801. The van der Waals surface area contributed by atoms with Gasteiger partial charge in [-0.1, -0.05) is 0 Å². The maximum absolute atomic E-state index is 5.24. The predicted molar refractivity (Wildman–Crippen MR) is 41.4 cm³/mol. The van der Waals surface area contributed by atoms with Crippen molar-refractivity contribution in [1.82, 2.24) is 4.98 Å². The molecule has 0 bridgehead atoms. The van der Waals surface area contributed by atoms with Crippen molar-refractivity contribution in [3.8, 4) is 0 Å². The monoisotopic (exact) mass is 191 g/mol. The predicted octanol–water partition coefficient (Wildman–Crippen LogP) is 1.41. The first-order chi connectivity index (χ1) is 5.38. The Labute approximate surface area is 73.3 Å². The van der Waals surface area contributed by atoms with E-state index >= 15 is 0 Å². The summed E-state index contributed by atoms with van der Waals surface area (Å²) in [4.78, 5) is 4.17. The van der Waals surface area contributed by atoms with Gasteiger partial charge in [-0.25, -0.2) is 0 Å². The number of benzene rings is 1. The number of hydrogen-bond acceptors (Lipinski definition) is 1. The van der Waals surface area contributed by atoms with E-state index in [1.807, 2.05) is 30.3 Å². The van der Waals surface area contributed by atoms with E-state index in [1.165, 1.54) is 0 Å². The van der Waals surface area contributed by atoms with Gasteiger partial charge in [0, 0.05) is 0 Å². The molecule has 0 radical (unpaired) electrons. The molecule has 1 aromatic heterocycles. The van der Waals surface area contributed by atoms with E-state index in [0.29, 0.717) is 0 Å². The number of fused-ring (bicyclic) bond motifs is 1. The SMILES string of the molecule is [Cu][c]1cccc2cccnc12. The molecule has 2 rings (SSSR count).